The van der Waals surface area contributed by atoms with Gasteiger partial charge in [-0.1, -0.05) is 13.8 Å². The third kappa shape index (κ3) is 2.14. The molecule has 2 atom stereocenters. The summed E-state index contributed by atoms with van der Waals surface area (Å²) in [4.78, 5) is 12.9. The number of hydrogen-bond donors (Lipinski definition) is 0. The van der Waals surface area contributed by atoms with Crippen LogP contribution in [0.15, 0.2) is 24.5 Å². The van der Waals surface area contributed by atoms with Gasteiger partial charge in [-0.25, -0.2) is 9.97 Å². The largest absolute Gasteiger partial charge is 0.251 e. The SMILES string of the molecule is CCC(Cl)C(C)c1ccc2nccnc2n1. The van der Waals surface area contributed by atoms with Crippen LogP contribution in [0.2, 0.25) is 0 Å². The first-order valence-electron chi connectivity index (χ1n) is 5.44. The molecule has 0 saturated carbocycles. The van der Waals surface area contributed by atoms with Gasteiger partial charge < -0.3 is 0 Å². The van der Waals surface area contributed by atoms with Gasteiger partial charge in [0.1, 0.15) is 5.52 Å². The molecule has 0 aliphatic rings. The maximum Gasteiger partial charge on any atom is 0.178 e. The number of aromatic nitrogens is 3. The number of nitrogens with zero attached hydrogens (tertiary/aromatic N) is 3. The number of hydrogen-bond acceptors (Lipinski definition) is 3. The number of halogens is 1. The second kappa shape index (κ2) is 4.74. The minimum atomic E-state index is 0.113. The van der Waals surface area contributed by atoms with Crippen LogP contribution in [0.1, 0.15) is 31.9 Å². The summed E-state index contributed by atoms with van der Waals surface area (Å²) in [6.45, 7) is 4.17. The van der Waals surface area contributed by atoms with Crippen LogP contribution in [0.25, 0.3) is 11.2 Å². The van der Waals surface area contributed by atoms with Crippen LogP contribution in [0.4, 0.5) is 0 Å². The summed E-state index contributed by atoms with van der Waals surface area (Å²) in [5, 5.41) is 0.113. The molecule has 0 bridgehead atoms. The number of pyridine rings is 1. The molecule has 2 aromatic rings. The monoisotopic (exact) mass is 235 g/mol. The standard InChI is InChI=1S/C12H14ClN3/c1-3-9(13)8(2)10-4-5-11-12(16-10)15-7-6-14-11/h4-9H,3H2,1-2H3. The van der Waals surface area contributed by atoms with Crippen molar-refractivity contribution in [1.82, 2.24) is 15.0 Å². The Morgan fingerprint density at radius 1 is 1.25 bits per heavy atom. The fraction of sp³-hybridized carbons (Fsp3) is 0.417. The minimum absolute atomic E-state index is 0.113. The molecular formula is C12H14ClN3. The Morgan fingerprint density at radius 3 is 2.75 bits per heavy atom. The average molecular weight is 236 g/mol. The summed E-state index contributed by atoms with van der Waals surface area (Å²) in [5.41, 5.74) is 2.49. The molecule has 2 rings (SSSR count). The van der Waals surface area contributed by atoms with E-state index in [1.54, 1.807) is 12.4 Å². The van der Waals surface area contributed by atoms with Crippen molar-refractivity contribution >= 4 is 22.8 Å². The fourth-order valence-electron chi connectivity index (χ4n) is 1.66. The molecule has 4 heteroatoms. The first-order valence-corrected chi connectivity index (χ1v) is 5.87. The highest BCUT2D eigenvalue weighted by molar-refractivity contribution is 6.21. The molecule has 2 aromatic heterocycles. The number of fused-ring (bicyclic) bond motifs is 1. The van der Waals surface area contributed by atoms with Gasteiger partial charge in [0.15, 0.2) is 5.65 Å². The normalized spacial score (nSPS) is 14.9. The second-order valence-electron chi connectivity index (χ2n) is 3.85. The van der Waals surface area contributed by atoms with Crippen LogP contribution in [0, 0.1) is 0 Å². The summed E-state index contributed by atoms with van der Waals surface area (Å²) in [7, 11) is 0. The van der Waals surface area contributed by atoms with Crippen LogP contribution in [-0.4, -0.2) is 20.3 Å². The molecule has 0 spiro atoms. The lowest BCUT2D eigenvalue weighted by molar-refractivity contribution is 0.658. The van der Waals surface area contributed by atoms with E-state index < -0.39 is 0 Å². The van der Waals surface area contributed by atoms with Crippen molar-refractivity contribution in [2.45, 2.75) is 31.6 Å². The number of alkyl halides is 1. The highest BCUT2D eigenvalue weighted by Gasteiger charge is 2.16. The lowest BCUT2D eigenvalue weighted by Crippen LogP contribution is -2.10. The lowest BCUT2D eigenvalue weighted by Gasteiger charge is -2.15. The third-order valence-electron chi connectivity index (χ3n) is 2.75. The summed E-state index contributed by atoms with van der Waals surface area (Å²) in [5.74, 6) is 0.234. The fourth-order valence-corrected chi connectivity index (χ4v) is 1.79. The molecule has 0 saturated heterocycles. The van der Waals surface area contributed by atoms with Crippen molar-refractivity contribution in [3.63, 3.8) is 0 Å². The van der Waals surface area contributed by atoms with Crippen molar-refractivity contribution in [3.05, 3.63) is 30.2 Å². The summed E-state index contributed by atoms with van der Waals surface area (Å²) < 4.78 is 0. The molecule has 0 radical (unpaired) electrons. The smallest absolute Gasteiger partial charge is 0.178 e. The van der Waals surface area contributed by atoms with E-state index in [9.17, 15) is 0 Å². The average Bonchev–Trinajstić information content (AvgIpc) is 2.36. The van der Waals surface area contributed by atoms with Crippen LogP contribution in [-0.2, 0) is 0 Å². The maximum atomic E-state index is 6.23. The molecule has 0 aliphatic heterocycles. The van der Waals surface area contributed by atoms with Crippen LogP contribution in [0.3, 0.4) is 0 Å². The summed E-state index contributed by atoms with van der Waals surface area (Å²) in [6.07, 6.45) is 4.26. The predicted molar refractivity (Wildman–Crippen MR) is 65.7 cm³/mol. The van der Waals surface area contributed by atoms with Gasteiger partial charge in [-0.05, 0) is 18.6 Å². The molecule has 0 aliphatic carbocycles. The van der Waals surface area contributed by atoms with Crippen molar-refractivity contribution in [3.8, 4) is 0 Å². The second-order valence-corrected chi connectivity index (χ2v) is 4.41. The third-order valence-corrected chi connectivity index (χ3v) is 3.44. The Labute approximate surface area is 99.9 Å². The lowest BCUT2D eigenvalue weighted by atomic mass is 10.0. The Morgan fingerprint density at radius 2 is 2.00 bits per heavy atom. The molecule has 2 unspecified atom stereocenters. The zero-order valence-corrected chi connectivity index (χ0v) is 10.1. The van der Waals surface area contributed by atoms with Gasteiger partial charge in [0.2, 0.25) is 0 Å². The van der Waals surface area contributed by atoms with Crippen molar-refractivity contribution in [2.75, 3.05) is 0 Å². The van der Waals surface area contributed by atoms with Gasteiger partial charge in [0.05, 0.1) is 0 Å². The maximum absolute atomic E-state index is 6.23. The highest BCUT2D eigenvalue weighted by Crippen LogP contribution is 2.24. The van der Waals surface area contributed by atoms with E-state index in [1.807, 2.05) is 12.1 Å². The minimum Gasteiger partial charge on any atom is -0.251 e. The van der Waals surface area contributed by atoms with Crippen LogP contribution < -0.4 is 0 Å². The first kappa shape index (κ1) is 11.3. The highest BCUT2D eigenvalue weighted by atomic mass is 35.5. The van der Waals surface area contributed by atoms with Crippen LogP contribution in [0.5, 0.6) is 0 Å². The molecule has 0 aromatic carbocycles. The van der Waals surface area contributed by atoms with Gasteiger partial charge in [-0.2, -0.15) is 0 Å². The Bertz CT molecular complexity index is 486. The predicted octanol–water partition coefficient (Wildman–Crippen LogP) is 3.15. The van der Waals surface area contributed by atoms with Gasteiger partial charge in [-0.3, -0.25) is 4.98 Å². The Balaban J connectivity index is 2.39. The molecule has 3 nitrogen and oxygen atoms in total. The van der Waals surface area contributed by atoms with Crippen molar-refractivity contribution in [2.24, 2.45) is 0 Å². The van der Waals surface area contributed by atoms with Gasteiger partial charge in [0.25, 0.3) is 0 Å². The van der Waals surface area contributed by atoms with E-state index in [2.05, 4.69) is 28.8 Å². The topological polar surface area (TPSA) is 38.7 Å². The van der Waals surface area contributed by atoms with Gasteiger partial charge in [0, 0.05) is 29.4 Å². The first-order chi connectivity index (χ1) is 7.72. The molecule has 0 amide bonds. The van der Waals surface area contributed by atoms with E-state index in [0.29, 0.717) is 5.65 Å². The van der Waals surface area contributed by atoms with Crippen molar-refractivity contribution in [1.29, 1.82) is 0 Å². The zero-order valence-electron chi connectivity index (χ0n) is 9.39. The quantitative estimate of drug-likeness (QED) is 0.768. The van der Waals surface area contributed by atoms with Gasteiger partial charge >= 0.3 is 0 Å². The van der Waals surface area contributed by atoms with Gasteiger partial charge in [-0.15, -0.1) is 11.6 Å². The molecule has 16 heavy (non-hydrogen) atoms. The van der Waals surface area contributed by atoms with E-state index in [4.69, 9.17) is 11.6 Å². The molecule has 84 valence electrons. The summed E-state index contributed by atoms with van der Waals surface area (Å²) >= 11 is 6.23. The Hall–Kier alpha value is -1.22. The zero-order chi connectivity index (χ0) is 11.5. The molecule has 0 fully saturated rings. The van der Waals surface area contributed by atoms with E-state index in [0.717, 1.165) is 17.6 Å². The van der Waals surface area contributed by atoms with E-state index in [1.165, 1.54) is 0 Å². The number of rotatable bonds is 3. The van der Waals surface area contributed by atoms with E-state index in [-0.39, 0.29) is 11.3 Å². The van der Waals surface area contributed by atoms with Crippen molar-refractivity contribution < 1.29 is 0 Å². The Kier molecular flexibility index (Phi) is 3.34. The molecule has 2 heterocycles. The molecular weight excluding hydrogens is 222 g/mol. The van der Waals surface area contributed by atoms with E-state index >= 15 is 0 Å². The summed E-state index contributed by atoms with van der Waals surface area (Å²) in [6, 6.07) is 3.92. The molecule has 0 N–H and O–H groups in total. The van der Waals surface area contributed by atoms with Crippen LogP contribution >= 0.6 is 11.6 Å².